The Morgan fingerprint density at radius 3 is 2.71 bits per heavy atom. The van der Waals surface area contributed by atoms with Gasteiger partial charge in [-0.05, 0) is 24.6 Å². The molecule has 114 valence electrons. The standard InChI is InChI=1S/C15H19NO4S/c1-11(16-13-5-8-21(17,18)10-13)12-3-4-14-15(9-12)20-7-2-6-19-14/h3-5,8-9,11,13,16H,2,6-7,10H2,1H3. The number of hydrogen-bond donors (Lipinski definition) is 1. The molecule has 2 aliphatic rings. The summed E-state index contributed by atoms with van der Waals surface area (Å²) in [6.07, 6.45) is 2.58. The molecule has 0 fully saturated rings. The van der Waals surface area contributed by atoms with Crippen LogP contribution < -0.4 is 14.8 Å². The molecule has 0 bridgehead atoms. The van der Waals surface area contributed by atoms with Crippen molar-refractivity contribution in [2.24, 2.45) is 0 Å². The monoisotopic (exact) mass is 309 g/mol. The Hall–Kier alpha value is -1.53. The van der Waals surface area contributed by atoms with E-state index in [1.807, 2.05) is 25.1 Å². The fourth-order valence-corrected chi connectivity index (χ4v) is 3.79. The lowest BCUT2D eigenvalue weighted by Crippen LogP contribution is -2.32. The largest absolute Gasteiger partial charge is 0.490 e. The highest BCUT2D eigenvalue weighted by Gasteiger charge is 2.23. The molecule has 0 saturated heterocycles. The smallest absolute Gasteiger partial charge is 0.173 e. The lowest BCUT2D eigenvalue weighted by Gasteiger charge is -2.19. The van der Waals surface area contributed by atoms with Gasteiger partial charge in [-0.15, -0.1) is 0 Å². The van der Waals surface area contributed by atoms with E-state index in [-0.39, 0.29) is 17.8 Å². The van der Waals surface area contributed by atoms with E-state index in [1.165, 1.54) is 5.41 Å². The summed E-state index contributed by atoms with van der Waals surface area (Å²) in [7, 11) is -3.03. The topological polar surface area (TPSA) is 64.6 Å². The van der Waals surface area contributed by atoms with Crippen LogP contribution in [0.4, 0.5) is 0 Å². The Kier molecular flexibility index (Phi) is 3.91. The van der Waals surface area contributed by atoms with Crippen molar-refractivity contribution < 1.29 is 17.9 Å². The summed E-state index contributed by atoms with van der Waals surface area (Å²) in [6.45, 7) is 3.34. The molecule has 0 radical (unpaired) electrons. The van der Waals surface area contributed by atoms with Gasteiger partial charge in [0.1, 0.15) is 0 Å². The highest BCUT2D eigenvalue weighted by molar-refractivity contribution is 7.94. The number of benzene rings is 1. The average molecular weight is 309 g/mol. The summed E-state index contributed by atoms with van der Waals surface area (Å²) in [5.41, 5.74) is 1.05. The zero-order valence-corrected chi connectivity index (χ0v) is 12.7. The maximum atomic E-state index is 11.4. The predicted octanol–water partition coefficient (Wildman–Crippen LogP) is 1.81. The van der Waals surface area contributed by atoms with Crippen LogP contribution in [0, 0.1) is 0 Å². The van der Waals surface area contributed by atoms with Crippen LogP contribution in [-0.2, 0) is 9.84 Å². The minimum atomic E-state index is -3.03. The maximum Gasteiger partial charge on any atom is 0.173 e. The van der Waals surface area contributed by atoms with E-state index in [4.69, 9.17) is 9.47 Å². The van der Waals surface area contributed by atoms with E-state index in [2.05, 4.69) is 5.32 Å². The van der Waals surface area contributed by atoms with Crippen LogP contribution in [0.1, 0.15) is 24.9 Å². The van der Waals surface area contributed by atoms with E-state index in [0.29, 0.717) is 13.2 Å². The van der Waals surface area contributed by atoms with Crippen LogP contribution in [0.2, 0.25) is 0 Å². The van der Waals surface area contributed by atoms with Crippen LogP contribution in [0.15, 0.2) is 29.7 Å². The first kappa shape index (κ1) is 14.4. The van der Waals surface area contributed by atoms with Gasteiger partial charge in [0.2, 0.25) is 0 Å². The fraction of sp³-hybridized carbons (Fsp3) is 0.467. The van der Waals surface area contributed by atoms with Gasteiger partial charge in [0.15, 0.2) is 21.3 Å². The van der Waals surface area contributed by atoms with Crippen molar-refractivity contribution in [3.8, 4) is 11.5 Å². The summed E-state index contributed by atoms with van der Waals surface area (Å²) in [5.74, 6) is 1.65. The molecule has 21 heavy (non-hydrogen) atoms. The summed E-state index contributed by atoms with van der Waals surface area (Å²) in [6, 6.07) is 5.75. The van der Waals surface area contributed by atoms with Crippen molar-refractivity contribution in [1.29, 1.82) is 0 Å². The first-order valence-electron chi connectivity index (χ1n) is 7.10. The number of rotatable bonds is 3. The van der Waals surface area contributed by atoms with Crippen molar-refractivity contribution in [3.63, 3.8) is 0 Å². The number of hydrogen-bond acceptors (Lipinski definition) is 5. The van der Waals surface area contributed by atoms with Gasteiger partial charge >= 0.3 is 0 Å². The molecule has 2 atom stereocenters. The minimum absolute atomic E-state index is 0.0325. The number of fused-ring (bicyclic) bond motifs is 1. The third-order valence-corrected chi connectivity index (χ3v) is 5.06. The second-order valence-corrected chi connectivity index (χ2v) is 7.34. The second kappa shape index (κ2) is 5.69. The molecular weight excluding hydrogens is 290 g/mol. The summed E-state index contributed by atoms with van der Waals surface area (Å²) in [4.78, 5) is 0. The van der Waals surface area contributed by atoms with E-state index in [0.717, 1.165) is 23.5 Å². The molecule has 2 unspecified atom stereocenters. The van der Waals surface area contributed by atoms with Crippen LogP contribution in [0.25, 0.3) is 0 Å². The number of nitrogens with one attached hydrogen (secondary N) is 1. The van der Waals surface area contributed by atoms with Gasteiger partial charge in [-0.2, -0.15) is 0 Å². The SMILES string of the molecule is CC(NC1C=CS(=O)(=O)C1)c1ccc2c(c1)OCCCO2. The Balaban J connectivity index is 1.72. The number of ether oxygens (including phenoxy) is 2. The van der Waals surface area contributed by atoms with E-state index >= 15 is 0 Å². The van der Waals surface area contributed by atoms with Crippen LogP contribution in [0.3, 0.4) is 0 Å². The van der Waals surface area contributed by atoms with E-state index in [9.17, 15) is 8.42 Å². The van der Waals surface area contributed by atoms with Crippen molar-refractivity contribution >= 4 is 9.84 Å². The van der Waals surface area contributed by atoms with Gasteiger partial charge in [-0.3, -0.25) is 0 Å². The minimum Gasteiger partial charge on any atom is -0.490 e. The molecule has 2 aliphatic heterocycles. The second-order valence-electron chi connectivity index (χ2n) is 5.41. The molecule has 5 nitrogen and oxygen atoms in total. The molecule has 0 amide bonds. The molecular formula is C15H19NO4S. The molecule has 0 saturated carbocycles. The molecule has 0 aliphatic carbocycles. The lowest BCUT2D eigenvalue weighted by molar-refractivity contribution is 0.297. The molecule has 1 aromatic rings. The molecule has 2 heterocycles. The van der Waals surface area contributed by atoms with Crippen LogP contribution in [0.5, 0.6) is 11.5 Å². The van der Waals surface area contributed by atoms with Crippen molar-refractivity contribution in [1.82, 2.24) is 5.32 Å². The van der Waals surface area contributed by atoms with Crippen molar-refractivity contribution in [2.75, 3.05) is 19.0 Å². The first-order valence-corrected chi connectivity index (χ1v) is 8.82. The summed E-state index contributed by atoms with van der Waals surface area (Å²) >= 11 is 0. The number of sulfone groups is 1. The first-order chi connectivity index (χ1) is 10.0. The van der Waals surface area contributed by atoms with Crippen LogP contribution >= 0.6 is 0 Å². The molecule has 0 aromatic heterocycles. The fourth-order valence-electron chi connectivity index (χ4n) is 2.55. The van der Waals surface area contributed by atoms with Gasteiger partial charge < -0.3 is 14.8 Å². The van der Waals surface area contributed by atoms with E-state index in [1.54, 1.807) is 6.08 Å². The zero-order valence-electron chi connectivity index (χ0n) is 11.9. The van der Waals surface area contributed by atoms with Crippen LogP contribution in [-0.4, -0.2) is 33.4 Å². The van der Waals surface area contributed by atoms with Gasteiger partial charge in [0, 0.05) is 23.9 Å². The van der Waals surface area contributed by atoms with Gasteiger partial charge in [-0.25, -0.2) is 8.42 Å². The molecule has 6 heteroatoms. The normalized spacial score (nSPS) is 24.5. The Morgan fingerprint density at radius 2 is 2.00 bits per heavy atom. The van der Waals surface area contributed by atoms with Crippen molar-refractivity contribution in [3.05, 3.63) is 35.2 Å². The molecule has 0 spiro atoms. The summed E-state index contributed by atoms with van der Waals surface area (Å²) in [5, 5.41) is 4.59. The van der Waals surface area contributed by atoms with Gasteiger partial charge in [-0.1, -0.05) is 12.1 Å². The molecule has 1 N–H and O–H groups in total. The Bertz CT molecular complexity index is 654. The van der Waals surface area contributed by atoms with Gasteiger partial charge in [0.25, 0.3) is 0 Å². The highest BCUT2D eigenvalue weighted by Crippen LogP contribution is 2.32. The van der Waals surface area contributed by atoms with E-state index < -0.39 is 9.84 Å². The highest BCUT2D eigenvalue weighted by atomic mass is 32.2. The predicted molar refractivity (Wildman–Crippen MR) is 80.3 cm³/mol. The van der Waals surface area contributed by atoms with Gasteiger partial charge in [0.05, 0.1) is 19.0 Å². The Morgan fingerprint density at radius 1 is 1.24 bits per heavy atom. The Labute approximate surface area is 124 Å². The van der Waals surface area contributed by atoms with Crippen molar-refractivity contribution in [2.45, 2.75) is 25.4 Å². The third-order valence-electron chi connectivity index (χ3n) is 3.67. The summed E-state index contributed by atoms with van der Waals surface area (Å²) < 4.78 is 34.1. The average Bonchev–Trinajstić information content (AvgIpc) is 2.65. The lowest BCUT2D eigenvalue weighted by atomic mass is 10.1. The third kappa shape index (κ3) is 3.39. The quantitative estimate of drug-likeness (QED) is 0.922. The zero-order chi connectivity index (χ0) is 14.9. The maximum absolute atomic E-state index is 11.4. The molecule has 3 rings (SSSR count). The molecule has 1 aromatic carbocycles.